The van der Waals surface area contributed by atoms with E-state index in [9.17, 15) is 19.2 Å². The molecule has 16 aromatic rings. The molecule has 4 aliphatic carbocycles. The van der Waals surface area contributed by atoms with Gasteiger partial charge in [-0.15, -0.1) is 0 Å². The third-order valence-corrected chi connectivity index (χ3v) is 35.5. The molecule has 0 spiro atoms. The summed E-state index contributed by atoms with van der Waals surface area (Å²) in [6.45, 7) is 37.1. The number of fused-ring (bicyclic) bond motifs is 36. The minimum absolute atomic E-state index is 0.0251. The van der Waals surface area contributed by atoms with E-state index in [1.54, 1.807) is 0 Å². The highest BCUT2D eigenvalue weighted by atomic mass is 16.5. The molecular weight excluding hydrogens is 1850 g/mol. The maximum atomic E-state index is 13.2. The lowest BCUT2D eigenvalue weighted by atomic mass is 9.64. The van der Waals surface area contributed by atoms with Crippen LogP contribution in [0.15, 0.2) is 170 Å². The van der Waals surface area contributed by atoms with E-state index in [0.717, 1.165) is 193 Å². The highest BCUT2D eigenvalue weighted by molar-refractivity contribution is 6.16. The Labute approximate surface area is 862 Å². The largest absolute Gasteiger partial charge is 0.487 e. The van der Waals surface area contributed by atoms with Gasteiger partial charge in [0.05, 0.1) is 141 Å². The molecule has 8 aliphatic heterocycles. The van der Waals surface area contributed by atoms with E-state index in [1.165, 1.54) is 60.8 Å². The highest BCUT2D eigenvalue weighted by Gasteiger charge is 2.53. The molecule has 0 N–H and O–H groups in total. The molecule has 8 fully saturated rings. The zero-order chi connectivity index (χ0) is 101. The van der Waals surface area contributed by atoms with Crippen LogP contribution >= 0.6 is 0 Å². The molecule has 12 aliphatic rings. The second kappa shape index (κ2) is 37.6. The molecule has 12 aromatic carbocycles. The van der Waals surface area contributed by atoms with Crippen LogP contribution in [0, 0.1) is 47.3 Å². The molecule has 4 saturated heterocycles. The summed E-state index contributed by atoms with van der Waals surface area (Å²) in [7, 11) is 0. The quantitative estimate of drug-likeness (QED) is 0.117. The first-order chi connectivity index (χ1) is 71.6. The molecule has 148 heavy (non-hydrogen) atoms. The summed E-state index contributed by atoms with van der Waals surface area (Å²) in [5.41, 5.74) is 20.2. The molecular formula is C124H132N12O12. The van der Waals surface area contributed by atoms with Crippen LogP contribution in [0.25, 0.3) is 131 Å². The van der Waals surface area contributed by atoms with E-state index in [4.69, 9.17) is 77.8 Å². The fourth-order valence-electron chi connectivity index (χ4n) is 27.9. The summed E-state index contributed by atoms with van der Waals surface area (Å²) in [6, 6.07) is 56.6. The smallest absolute Gasteiger partial charge is 0.254 e. The number of hydrogen-bond acceptors (Lipinski definition) is 20. The summed E-state index contributed by atoms with van der Waals surface area (Å²) in [5.74, 6) is 9.99. The minimum atomic E-state index is -0.240. The summed E-state index contributed by atoms with van der Waals surface area (Å²) >= 11 is 0. The Hall–Kier alpha value is -13.0. The Kier molecular flexibility index (Phi) is 24.4. The van der Waals surface area contributed by atoms with Crippen molar-refractivity contribution in [2.24, 2.45) is 47.3 Å². The van der Waals surface area contributed by atoms with Crippen molar-refractivity contribution in [3.8, 4) is 23.0 Å². The number of benzene rings is 12. The number of rotatable bonds is 4. The SMILES string of the molecule is C[C@@H]1CC[C@@H]2[C@@H](C1)c1c(c3ccccc3c3nc4cc(C(=O)N5CCOCC5)ccc4nc13)OC2(C)C.C[C@H]1CC[C@@H]2[C@@H](C1)c1c(c3ccccc3c3nc4ccc(C(=O)N5CCOCC5)cc4nc13)OC2(C)C.C[C@H]1CC[C@H]2[C@H](C1)c1c(c3ccccc3c3nc4cc(C(=O)N5CCOCC5)ccc4nc13)OC2(C)C.C[C@H]1CC[C@H]2[C@H](C1)c1c(c3ccccc3c3nc4ccc(C(=O)N5CCOCC5)cc4nc13)OC2(C)C. The number of hydrogen-bond donors (Lipinski definition) is 0. The first-order valence-electron chi connectivity index (χ1n) is 54.5. The van der Waals surface area contributed by atoms with Gasteiger partial charge in [-0.3, -0.25) is 19.2 Å². The minimum Gasteiger partial charge on any atom is -0.487 e. The van der Waals surface area contributed by atoms with Gasteiger partial charge in [-0.2, -0.15) is 0 Å². The molecule has 0 unspecified atom stereocenters. The van der Waals surface area contributed by atoms with Crippen molar-refractivity contribution < 1.29 is 57.1 Å². The van der Waals surface area contributed by atoms with Gasteiger partial charge in [0.15, 0.2) is 0 Å². The Balaban J connectivity index is 0.000000103. The Morgan fingerprint density at radius 2 is 0.432 bits per heavy atom. The van der Waals surface area contributed by atoms with Gasteiger partial charge in [0, 0.05) is 164 Å². The van der Waals surface area contributed by atoms with Crippen molar-refractivity contribution in [1.82, 2.24) is 59.5 Å². The van der Waals surface area contributed by atoms with Crippen molar-refractivity contribution in [1.29, 1.82) is 0 Å². The van der Waals surface area contributed by atoms with Gasteiger partial charge in [-0.25, -0.2) is 39.9 Å². The van der Waals surface area contributed by atoms with Gasteiger partial charge in [0.25, 0.3) is 23.6 Å². The number of morpholine rings is 4. The van der Waals surface area contributed by atoms with Crippen LogP contribution < -0.4 is 18.9 Å². The molecule has 12 heterocycles. The van der Waals surface area contributed by atoms with Crippen molar-refractivity contribution in [3.05, 3.63) is 214 Å². The zero-order valence-electron chi connectivity index (χ0n) is 87.2. The topological polar surface area (TPSA) is 258 Å². The average Bonchev–Trinajstić information content (AvgIpc) is 0.719. The molecule has 4 amide bonds. The van der Waals surface area contributed by atoms with Crippen molar-refractivity contribution in [2.75, 3.05) is 105 Å². The summed E-state index contributed by atoms with van der Waals surface area (Å²) in [5, 5.41) is 8.66. The van der Waals surface area contributed by atoms with Crippen molar-refractivity contribution in [2.45, 2.75) is 206 Å². The molecule has 4 aromatic heterocycles. The van der Waals surface area contributed by atoms with Crippen LogP contribution in [0.3, 0.4) is 0 Å². The average molecular weight is 1980 g/mol. The maximum Gasteiger partial charge on any atom is 0.254 e. The first kappa shape index (κ1) is 95.9. The van der Waals surface area contributed by atoms with Crippen LogP contribution in [-0.2, 0) is 18.9 Å². The number of amides is 4. The van der Waals surface area contributed by atoms with E-state index in [2.05, 4.69) is 180 Å². The fraction of sp³-hybridized carbons (Fsp3) is 0.452. The highest BCUT2D eigenvalue weighted by Crippen LogP contribution is 2.63. The number of aromatic nitrogens is 8. The van der Waals surface area contributed by atoms with Gasteiger partial charge in [-0.1, -0.05) is 150 Å². The summed E-state index contributed by atoms with van der Waals surface area (Å²) < 4.78 is 49.1. The fourth-order valence-corrected chi connectivity index (χ4v) is 27.9. The van der Waals surface area contributed by atoms with E-state index in [0.29, 0.717) is 198 Å². The molecule has 24 heteroatoms. The number of carbonyl (C=O) groups is 4. The van der Waals surface area contributed by atoms with Crippen LogP contribution in [0.1, 0.15) is 247 Å². The molecule has 0 radical (unpaired) electrons. The molecule has 0 bridgehead atoms. The van der Waals surface area contributed by atoms with Gasteiger partial charge < -0.3 is 57.5 Å². The third-order valence-electron chi connectivity index (χ3n) is 35.5. The van der Waals surface area contributed by atoms with Crippen LogP contribution in [0.4, 0.5) is 0 Å². The van der Waals surface area contributed by atoms with Gasteiger partial charge in [0.1, 0.15) is 45.4 Å². The van der Waals surface area contributed by atoms with Crippen molar-refractivity contribution >= 4 is 155 Å². The monoisotopic (exact) mass is 1980 g/mol. The van der Waals surface area contributed by atoms with Crippen LogP contribution in [0.5, 0.6) is 23.0 Å². The predicted molar refractivity (Wildman–Crippen MR) is 581 cm³/mol. The normalized spacial score (nSPS) is 25.1. The zero-order valence-corrected chi connectivity index (χ0v) is 87.2. The summed E-state index contributed by atoms with van der Waals surface area (Å²) in [4.78, 5) is 102. The lowest BCUT2D eigenvalue weighted by Gasteiger charge is -2.49. The number of carbonyl (C=O) groups excluding carboxylic acids is 4. The van der Waals surface area contributed by atoms with E-state index in [-0.39, 0.29) is 46.0 Å². The van der Waals surface area contributed by atoms with Crippen LogP contribution in [0.2, 0.25) is 0 Å². The van der Waals surface area contributed by atoms with E-state index in [1.807, 2.05) is 92.4 Å². The van der Waals surface area contributed by atoms with E-state index < -0.39 is 0 Å². The second-order valence-corrected chi connectivity index (χ2v) is 46.6. The molecule has 4 saturated carbocycles. The Morgan fingerprint density at radius 3 is 0.649 bits per heavy atom. The van der Waals surface area contributed by atoms with Gasteiger partial charge >= 0.3 is 0 Å². The predicted octanol–water partition coefficient (Wildman–Crippen LogP) is 24.4. The first-order valence-corrected chi connectivity index (χ1v) is 54.5. The van der Waals surface area contributed by atoms with Crippen LogP contribution in [-0.4, -0.2) is 211 Å². The Bertz CT molecular complexity index is 7630. The molecule has 12 atom stereocenters. The standard InChI is InChI=1S/4C31H33N3O3/c2*1-18-8-10-23-22(16-18)26-28-27(20-6-4-5-7-21(20)29(26)37-31(23,2)3)33-25-17-19(9-11-24(25)32-28)30(35)34-12-14-36-15-13-34;2*1-18-8-10-23-22(16-18)26-28-27(20-6-4-5-7-21(20)29(26)37-31(23,2)3)32-24-11-9-19(17-25(24)33-28)30(35)34-12-14-36-15-13-34/h4*4-7,9,11,17-18,22-23H,8,10,12-16H2,1-3H3/t2*18-,22-,23-;18-,22+,23+;18-,22-,23-/m1000/s1. The third kappa shape index (κ3) is 16.8. The molecule has 760 valence electrons. The van der Waals surface area contributed by atoms with Gasteiger partial charge in [-0.05, 0) is 227 Å². The van der Waals surface area contributed by atoms with E-state index >= 15 is 0 Å². The lowest BCUT2D eigenvalue weighted by molar-refractivity contribution is -0.0118. The molecule has 28 rings (SSSR count). The Morgan fingerprint density at radius 1 is 0.243 bits per heavy atom. The number of nitrogens with zero attached hydrogens (tertiary/aromatic N) is 12. The van der Waals surface area contributed by atoms with Crippen molar-refractivity contribution in [3.63, 3.8) is 0 Å². The van der Waals surface area contributed by atoms with Gasteiger partial charge in [0.2, 0.25) is 0 Å². The number of ether oxygens (including phenoxy) is 8. The second-order valence-electron chi connectivity index (χ2n) is 46.6. The maximum absolute atomic E-state index is 13.2. The summed E-state index contributed by atoms with van der Waals surface area (Å²) in [6.07, 6.45) is 14.1. The lowest BCUT2D eigenvalue weighted by Crippen LogP contribution is -2.46. The molecule has 24 nitrogen and oxygen atoms in total.